The number of anilines is 1. The molecule has 3 rings (SSSR count). The summed E-state index contributed by atoms with van der Waals surface area (Å²) < 4.78 is 33.9. The predicted molar refractivity (Wildman–Crippen MR) is 163 cm³/mol. The van der Waals surface area contributed by atoms with Crippen LogP contribution in [0.1, 0.15) is 33.3 Å². The highest BCUT2D eigenvalue weighted by Crippen LogP contribution is 2.32. The lowest BCUT2D eigenvalue weighted by atomic mass is 10.1. The number of nitrogens with zero attached hydrogens (tertiary/aromatic N) is 2. The highest BCUT2D eigenvalue weighted by atomic mass is 35.5. The molecule has 3 aromatic rings. The first-order chi connectivity index (χ1) is 19.1. The minimum atomic E-state index is -4.23. The van der Waals surface area contributed by atoms with Crippen molar-refractivity contribution in [1.29, 1.82) is 0 Å². The van der Waals surface area contributed by atoms with E-state index in [1.54, 1.807) is 43.3 Å². The predicted octanol–water partition coefficient (Wildman–Crippen LogP) is 6.18. The van der Waals surface area contributed by atoms with Crippen LogP contribution < -0.4 is 14.4 Å². The van der Waals surface area contributed by atoms with Gasteiger partial charge in [0.05, 0.1) is 32.8 Å². The van der Waals surface area contributed by atoms with Crippen LogP contribution in [-0.4, -0.2) is 50.4 Å². The van der Waals surface area contributed by atoms with Gasteiger partial charge in [-0.3, -0.25) is 13.9 Å². The van der Waals surface area contributed by atoms with Gasteiger partial charge >= 0.3 is 0 Å². The maximum atomic E-state index is 14.0. The Morgan fingerprint density at radius 2 is 1.59 bits per heavy atom. The maximum Gasteiger partial charge on any atom is 0.264 e. The van der Waals surface area contributed by atoms with E-state index in [4.69, 9.17) is 39.5 Å². The number of sulfonamides is 1. The van der Waals surface area contributed by atoms with Crippen LogP contribution in [0.4, 0.5) is 5.69 Å². The average molecular weight is 641 g/mol. The molecule has 1 unspecified atom stereocenters. The minimum Gasteiger partial charge on any atom is -0.495 e. The third-order valence-electron chi connectivity index (χ3n) is 6.04. The number of hydrogen-bond acceptors (Lipinski definition) is 5. The van der Waals surface area contributed by atoms with Gasteiger partial charge in [-0.25, -0.2) is 8.42 Å². The van der Waals surface area contributed by atoms with Crippen molar-refractivity contribution < 1.29 is 22.7 Å². The summed E-state index contributed by atoms with van der Waals surface area (Å²) >= 11 is 18.6. The van der Waals surface area contributed by atoms with Crippen LogP contribution in [-0.2, 0) is 26.2 Å². The molecule has 0 aliphatic heterocycles. The Kier molecular flexibility index (Phi) is 10.6. The number of amides is 2. The Labute approximate surface area is 256 Å². The van der Waals surface area contributed by atoms with E-state index < -0.39 is 40.0 Å². The Balaban J connectivity index is 2.08. The van der Waals surface area contributed by atoms with E-state index >= 15 is 0 Å². The van der Waals surface area contributed by atoms with E-state index in [0.29, 0.717) is 16.3 Å². The summed E-state index contributed by atoms with van der Waals surface area (Å²) in [6, 6.07) is 16.1. The molecule has 41 heavy (non-hydrogen) atoms. The highest BCUT2D eigenvalue weighted by molar-refractivity contribution is 7.92. The van der Waals surface area contributed by atoms with Gasteiger partial charge in [-0.15, -0.1) is 0 Å². The molecule has 0 aliphatic carbocycles. The smallest absolute Gasteiger partial charge is 0.264 e. The summed E-state index contributed by atoms with van der Waals surface area (Å²) in [5.41, 5.74) is 0.189. The Morgan fingerprint density at radius 1 is 0.927 bits per heavy atom. The number of ether oxygens (including phenoxy) is 1. The van der Waals surface area contributed by atoms with Crippen LogP contribution in [0.2, 0.25) is 15.1 Å². The third-order valence-corrected chi connectivity index (χ3v) is 8.86. The largest absolute Gasteiger partial charge is 0.495 e. The molecule has 0 heterocycles. The summed E-state index contributed by atoms with van der Waals surface area (Å²) in [6.45, 7) is 6.40. The first-order valence-corrected chi connectivity index (χ1v) is 15.2. The van der Waals surface area contributed by atoms with Crippen molar-refractivity contribution >= 4 is 62.3 Å². The van der Waals surface area contributed by atoms with E-state index in [1.165, 1.54) is 42.3 Å². The van der Waals surface area contributed by atoms with E-state index in [2.05, 4.69) is 5.32 Å². The second-order valence-electron chi connectivity index (χ2n) is 10.3. The van der Waals surface area contributed by atoms with Crippen molar-refractivity contribution in [2.24, 2.45) is 0 Å². The molecule has 0 fully saturated rings. The molecule has 0 aliphatic rings. The molecule has 0 saturated carbocycles. The zero-order chi connectivity index (χ0) is 30.5. The van der Waals surface area contributed by atoms with Gasteiger partial charge in [0, 0.05) is 12.1 Å². The summed E-state index contributed by atoms with van der Waals surface area (Å²) in [6.07, 6.45) is 0. The Bertz CT molecular complexity index is 1510. The summed E-state index contributed by atoms with van der Waals surface area (Å²) in [5, 5.41) is 3.66. The lowest BCUT2D eigenvalue weighted by molar-refractivity contribution is -0.140. The molecular weight excluding hydrogens is 609 g/mol. The Hall–Kier alpha value is -2.98. The van der Waals surface area contributed by atoms with Crippen LogP contribution in [0.5, 0.6) is 5.75 Å². The van der Waals surface area contributed by atoms with Crippen molar-refractivity contribution in [3.63, 3.8) is 0 Å². The van der Waals surface area contributed by atoms with Crippen molar-refractivity contribution in [2.45, 2.75) is 50.7 Å². The first-order valence-electron chi connectivity index (χ1n) is 12.6. The molecule has 0 radical (unpaired) electrons. The fraction of sp³-hybridized carbons (Fsp3) is 0.310. The summed E-state index contributed by atoms with van der Waals surface area (Å²) in [5.74, 6) is -0.692. The van der Waals surface area contributed by atoms with Gasteiger partial charge in [0.15, 0.2) is 0 Å². The second kappa shape index (κ2) is 13.3. The Morgan fingerprint density at radius 3 is 2.15 bits per heavy atom. The molecular formula is C29H32Cl3N3O5S. The van der Waals surface area contributed by atoms with Crippen LogP contribution in [0.3, 0.4) is 0 Å². The van der Waals surface area contributed by atoms with Gasteiger partial charge in [0.25, 0.3) is 10.0 Å². The van der Waals surface area contributed by atoms with Crippen LogP contribution in [0.15, 0.2) is 71.6 Å². The van der Waals surface area contributed by atoms with E-state index in [9.17, 15) is 18.0 Å². The van der Waals surface area contributed by atoms with Crippen molar-refractivity contribution in [1.82, 2.24) is 10.2 Å². The van der Waals surface area contributed by atoms with Crippen molar-refractivity contribution in [2.75, 3.05) is 18.0 Å². The molecule has 0 bridgehead atoms. The third kappa shape index (κ3) is 8.29. The highest BCUT2D eigenvalue weighted by Gasteiger charge is 2.33. The lowest BCUT2D eigenvalue weighted by Crippen LogP contribution is -2.54. The van der Waals surface area contributed by atoms with Crippen LogP contribution in [0.25, 0.3) is 0 Å². The number of carbonyl (C=O) groups excluding carboxylic acids is 2. The van der Waals surface area contributed by atoms with Gasteiger partial charge in [0.2, 0.25) is 11.8 Å². The van der Waals surface area contributed by atoms with E-state index in [-0.39, 0.29) is 27.2 Å². The average Bonchev–Trinajstić information content (AvgIpc) is 2.91. The quantitative estimate of drug-likeness (QED) is 0.286. The minimum absolute atomic E-state index is 0.0192. The molecule has 3 aromatic carbocycles. The van der Waals surface area contributed by atoms with Gasteiger partial charge in [-0.2, -0.15) is 0 Å². The molecule has 1 N–H and O–H groups in total. The lowest BCUT2D eigenvalue weighted by Gasteiger charge is -2.33. The van der Waals surface area contributed by atoms with Gasteiger partial charge in [-0.1, -0.05) is 59.1 Å². The fourth-order valence-corrected chi connectivity index (χ4v) is 5.95. The molecule has 2 amide bonds. The zero-order valence-electron chi connectivity index (χ0n) is 23.3. The van der Waals surface area contributed by atoms with Gasteiger partial charge in [-0.05, 0) is 75.7 Å². The number of halogens is 3. The number of carbonyl (C=O) groups is 2. The number of rotatable bonds is 10. The summed E-state index contributed by atoms with van der Waals surface area (Å²) in [7, 11) is -2.79. The first kappa shape index (κ1) is 32.5. The summed E-state index contributed by atoms with van der Waals surface area (Å²) in [4.78, 5) is 28.5. The fourth-order valence-electron chi connectivity index (χ4n) is 3.95. The normalized spacial score (nSPS) is 12.4. The van der Waals surface area contributed by atoms with E-state index in [1.807, 2.05) is 20.8 Å². The topological polar surface area (TPSA) is 96.0 Å². The molecule has 8 nitrogen and oxygen atoms in total. The molecule has 1 atom stereocenters. The molecule has 220 valence electrons. The molecule has 12 heteroatoms. The van der Waals surface area contributed by atoms with Crippen molar-refractivity contribution in [3.8, 4) is 5.75 Å². The van der Waals surface area contributed by atoms with Crippen molar-refractivity contribution in [3.05, 3.63) is 87.4 Å². The van der Waals surface area contributed by atoms with E-state index in [0.717, 1.165) is 4.31 Å². The van der Waals surface area contributed by atoms with Crippen LogP contribution >= 0.6 is 34.8 Å². The number of hydrogen-bond donors (Lipinski definition) is 1. The van der Waals surface area contributed by atoms with Crippen LogP contribution in [0, 0.1) is 0 Å². The standard InChI is InChI=1S/C29H32Cl3N3O5S/c1-19(28(37)33-29(2,3)4)34(17-20-11-13-23(30)24(31)15-20)27(36)18-35(21-12-14-26(40-5)25(32)16-21)41(38,39)22-9-7-6-8-10-22/h6-16,19H,17-18H2,1-5H3,(H,33,37). The molecule has 0 saturated heterocycles. The number of benzene rings is 3. The van der Waals surface area contributed by atoms with Gasteiger partial charge < -0.3 is 15.0 Å². The maximum absolute atomic E-state index is 14.0. The SMILES string of the molecule is COc1ccc(N(CC(=O)N(Cc2ccc(Cl)c(Cl)c2)C(C)C(=O)NC(C)(C)C)S(=O)(=O)c2ccccc2)cc1Cl. The van der Waals surface area contributed by atoms with Gasteiger partial charge in [0.1, 0.15) is 18.3 Å². The molecule has 0 aromatic heterocycles. The zero-order valence-corrected chi connectivity index (χ0v) is 26.4. The number of methoxy groups -OCH3 is 1. The monoisotopic (exact) mass is 639 g/mol. The number of nitrogens with one attached hydrogen (secondary N) is 1. The second-order valence-corrected chi connectivity index (χ2v) is 13.4. The molecule has 0 spiro atoms.